The van der Waals surface area contributed by atoms with E-state index in [2.05, 4.69) is 18.2 Å². The molecule has 2 saturated carbocycles. The number of nitrogens with two attached hydrogens (primary N) is 1. The zero-order valence-corrected chi connectivity index (χ0v) is 18.7. The average Bonchev–Trinajstić information content (AvgIpc) is 3.60. The normalized spacial score (nSPS) is 31.4. The van der Waals surface area contributed by atoms with Crippen LogP contribution in [-0.4, -0.2) is 30.0 Å². The van der Waals surface area contributed by atoms with Crippen molar-refractivity contribution >= 4 is 11.9 Å². The second kappa shape index (κ2) is 7.17. The lowest BCUT2D eigenvalue weighted by atomic mass is 9.61. The van der Waals surface area contributed by atoms with Gasteiger partial charge in [-0.1, -0.05) is 48.5 Å². The number of guanidine groups is 1. The molecule has 3 aliphatic carbocycles. The third-order valence-electron chi connectivity index (χ3n) is 8.39. The molecule has 1 atom stereocenters. The Hall–Kier alpha value is -2.66. The first-order valence-corrected chi connectivity index (χ1v) is 11.9. The van der Waals surface area contributed by atoms with E-state index < -0.39 is 5.54 Å². The Balaban J connectivity index is 1.45. The molecule has 0 aromatic heterocycles. The lowest BCUT2D eigenvalue weighted by molar-refractivity contribution is -0.138. The highest BCUT2D eigenvalue weighted by Crippen LogP contribution is 2.62. The molecule has 0 radical (unpaired) electrons. The molecule has 1 heterocycles. The SMILES string of the molecule is COC1CCC2(CC1)Cc1ccc(C3CC3)cc1[C@]21N=C(N)N(Cc2ccccc2)C1=O. The Bertz CT molecular complexity index is 1080. The summed E-state index contributed by atoms with van der Waals surface area (Å²) in [6.07, 6.45) is 7.43. The maximum atomic E-state index is 14.3. The first kappa shape index (κ1) is 20.0. The van der Waals surface area contributed by atoms with E-state index in [0.29, 0.717) is 18.4 Å². The number of carbonyl (C=O) groups excluding carboxylic acids is 1. The topological polar surface area (TPSA) is 67.9 Å². The predicted octanol–water partition coefficient (Wildman–Crippen LogP) is 4.25. The first-order chi connectivity index (χ1) is 15.6. The molecular formula is C27H31N3O2. The van der Waals surface area contributed by atoms with Crippen LogP contribution >= 0.6 is 0 Å². The number of ether oxygens (including phenoxy) is 1. The molecule has 0 saturated heterocycles. The number of nitrogens with zero attached hydrogens (tertiary/aromatic N) is 2. The summed E-state index contributed by atoms with van der Waals surface area (Å²) < 4.78 is 5.67. The van der Waals surface area contributed by atoms with E-state index in [4.69, 9.17) is 15.5 Å². The van der Waals surface area contributed by atoms with E-state index >= 15 is 0 Å². The molecule has 4 aliphatic rings. The van der Waals surface area contributed by atoms with Gasteiger partial charge in [0, 0.05) is 12.5 Å². The highest BCUT2D eigenvalue weighted by Gasteiger charge is 2.66. The van der Waals surface area contributed by atoms with E-state index in [0.717, 1.165) is 43.2 Å². The van der Waals surface area contributed by atoms with Crippen molar-refractivity contribution in [3.05, 3.63) is 70.8 Å². The molecule has 0 unspecified atom stereocenters. The summed E-state index contributed by atoms with van der Waals surface area (Å²) in [7, 11) is 1.79. The van der Waals surface area contributed by atoms with Crippen molar-refractivity contribution in [2.75, 3.05) is 7.11 Å². The minimum atomic E-state index is -0.898. The summed E-state index contributed by atoms with van der Waals surface area (Å²) in [5.74, 6) is 1.05. The average molecular weight is 430 g/mol. The van der Waals surface area contributed by atoms with Gasteiger partial charge < -0.3 is 10.5 Å². The minimum Gasteiger partial charge on any atom is -0.381 e. The Kier molecular flexibility index (Phi) is 4.48. The summed E-state index contributed by atoms with van der Waals surface area (Å²) in [5.41, 5.74) is 10.2. The van der Waals surface area contributed by atoms with E-state index in [9.17, 15) is 4.79 Å². The molecule has 2 fully saturated rings. The van der Waals surface area contributed by atoms with E-state index in [1.807, 2.05) is 30.3 Å². The summed E-state index contributed by atoms with van der Waals surface area (Å²) in [6, 6.07) is 16.9. The number of hydrogen-bond acceptors (Lipinski definition) is 4. The molecule has 6 rings (SSSR count). The van der Waals surface area contributed by atoms with Crippen molar-refractivity contribution in [1.29, 1.82) is 0 Å². The predicted molar refractivity (Wildman–Crippen MR) is 124 cm³/mol. The van der Waals surface area contributed by atoms with E-state index in [1.165, 1.54) is 24.0 Å². The zero-order valence-electron chi connectivity index (χ0n) is 18.7. The number of rotatable bonds is 4. The van der Waals surface area contributed by atoms with Crippen molar-refractivity contribution in [3.63, 3.8) is 0 Å². The van der Waals surface area contributed by atoms with Crippen LogP contribution < -0.4 is 5.73 Å². The number of amides is 1. The third kappa shape index (κ3) is 2.80. The van der Waals surface area contributed by atoms with Crippen LogP contribution in [0, 0.1) is 5.41 Å². The first-order valence-electron chi connectivity index (χ1n) is 11.9. The fourth-order valence-corrected chi connectivity index (χ4v) is 6.47. The standard InChI is InChI=1S/C27H31N3O2/c1-32-22-11-13-26(14-12-22)16-21-10-9-20(19-7-8-19)15-23(21)27(26)24(31)30(25(28)29-27)17-18-5-3-2-4-6-18/h2-6,9-10,15,19,22H,7-8,11-14,16-17H2,1H3,(H2,28,29)/t22?,26?,27-/m1/s1. The maximum Gasteiger partial charge on any atom is 0.262 e. The number of hydrogen-bond donors (Lipinski definition) is 1. The van der Waals surface area contributed by atoms with E-state index in [-0.39, 0.29) is 17.4 Å². The Morgan fingerprint density at radius 2 is 1.84 bits per heavy atom. The van der Waals surface area contributed by atoms with Gasteiger partial charge in [0.1, 0.15) is 0 Å². The van der Waals surface area contributed by atoms with Crippen molar-refractivity contribution in [1.82, 2.24) is 4.90 Å². The molecule has 166 valence electrons. The van der Waals surface area contributed by atoms with Gasteiger partial charge in [0.25, 0.3) is 5.91 Å². The molecule has 5 nitrogen and oxygen atoms in total. The smallest absolute Gasteiger partial charge is 0.262 e. The number of carbonyl (C=O) groups is 1. The largest absolute Gasteiger partial charge is 0.381 e. The van der Waals surface area contributed by atoms with Gasteiger partial charge in [-0.15, -0.1) is 0 Å². The van der Waals surface area contributed by atoms with Gasteiger partial charge in [-0.25, -0.2) is 4.99 Å². The lowest BCUT2D eigenvalue weighted by Crippen LogP contribution is -2.52. The molecule has 2 N–H and O–H groups in total. The Labute approximate surface area is 189 Å². The van der Waals surface area contributed by atoms with E-state index in [1.54, 1.807) is 12.0 Å². The summed E-state index contributed by atoms with van der Waals surface area (Å²) in [4.78, 5) is 21.1. The van der Waals surface area contributed by atoms with Gasteiger partial charge in [0.2, 0.25) is 0 Å². The second-order valence-electron chi connectivity index (χ2n) is 10.1. The summed E-state index contributed by atoms with van der Waals surface area (Å²) >= 11 is 0. The fourth-order valence-electron chi connectivity index (χ4n) is 6.47. The van der Waals surface area contributed by atoms with Crippen molar-refractivity contribution in [2.45, 2.75) is 69.1 Å². The Morgan fingerprint density at radius 1 is 1.09 bits per heavy atom. The number of aliphatic imine (C=N–C) groups is 1. The van der Waals surface area contributed by atoms with Gasteiger partial charge in [0.05, 0.1) is 12.6 Å². The molecule has 32 heavy (non-hydrogen) atoms. The molecule has 1 aliphatic heterocycles. The Morgan fingerprint density at radius 3 is 2.53 bits per heavy atom. The van der Waals surface area contributed by atoms with Crippen molar-refractivity contribution in [3.8, 4) is 0 Å². The maximum absolute atomic E-state index is 14.3. The molecule has 2 spiro atoms. The molecule has 1 amide bonds. The van der Waals surface area contributed by atoms with Gasteiger partial charge >= 0.3 is 0 Å². The molecule has 2 aromatic rings. The summed E-state index contributed by atoms with van der Waals surface area (Å²) in [5, 5.41) is 0. The minimum absolute atomic E-state index is 0.0569. The quantitative estimate of drug-likeness (QED) is 0.790. The van der Waals surface area contributed by atoms with Gasteiger partial charge in [0.15, 0.2) is 11.5 Å². The van der Waals surface area contributed by atoms with Crippen LogP contribution in [0.15, 0.2) is 53.5 Å². The van der Waals surface area contributed by atoms with Gasteiger partial charge in [-0.3, -0.25) is 9.69 Å². The lowest BCUT2D eigenvalue weighted by Gasteiger charge is -2.45. The van der Waals surface area contributed by atoms with Crippen LogP contribution in [0.3, 0.4) is 0 Å². The molecule has 2 aromatic carbocycles. The van der Waals surface area contributed by atoms with Crippen LogP contribution in [0.5, 0.6) is 0 Å². The van der Waals surface area contributed by atoms with Crippen LogP contribution in [0.25, 0.3) is 0 Å². The van der Waals surface area contributed by atoms with Gasteiger partial charge in [-0.2, -0.15) is 0 Å². The zero-order chi connectivity index (χ0) is 21.9. The highest BCUT2D eigenvalue weighted by molar-refractivity contribution is 6.08. The van der Waals surface area contributed by atoms with Crippen molar-refractivity contribution < 1.29 is 9.53 Å². The molecule has 5 heteroatoms. The monoisotopic (exact) mass is 429 g/mol. The number of methoxy groups -OCH3 is 1. The number of benzene rings is 2. The molecular weight excluding hydrogens is 398 g/mol. The fraction of sp³-hybridized carbons (Fsp3) is 0.481. The number of fused-ring (bicyclic) bond motifs is 3. The van der Waals surface area contributed by atoms with Crippen LogP contribution in [-0.2, 0) is 28.0 Å². The second-order valence-corrected chi connectivity index (χ2v) is 10.1. The van der Waals surface area contributed by atoms with Crippen LogP contribution in [0.4, 0.5) is 0 Å². The van der Waals surface area contributed by atoms with Gasteiger partial charge in [-0.05, 0) is 73.1 Å². The highest BCUT2D eigenvalue weighted by atomic mass is 16.5. The van der Waals surface area contributed by atoms with Crippen LogP contribution in [0.2, 0.25) is 0 Å². The van der Waals surface area contributed by atoms with Crippen molar-refractivity contribution in [2.24, 2.45) is 16.1 Å². The summed E-state index contributed by atoms with van der Waals surface area (Å²) in [6.45, 7) is 0.463. The van der Waals surface area contributed by atoms with Crippen LogP contribution in [0.1, 0.15) is 66.7 Å². The molecule has 0 bridgehead atoms. The third-order valence-corrected chi connectivity index (χ3v) is 8.39.